The number of ether oxygens (including phenoxy) is 1. The van der Waals surface area contributed by atoms with Gasteiger partial charge in [0.25, 0.3) is 0 Å². The molecule has 1 aromatic carbocycles. The zero-order chi connectivity index (χ0) is 8.65. The highest BCUT2D eigenvalue weighted by molar-refractivity contribution is 5.20. The Labute approximate surface area is 77.8 Å². The molecule has 0 aliphatic heterocycles. The lowest BCUT2D eigenvalue weighted by molar-refractivity contribution is 0.328. The summed E-state index contributed by atoms with van der Waals surface area (Å²) in [6.07, 6.45) is 0. The molecule has 0 fully saturated rings. The van der Waals surface area contributed by atoms with Crippen LogP contribution in [0, 0.1) is 0 Å². The molecule has 1 aromatic rings. The number of benzene rings is 1. The van der Waals surface area contributed by atoms with Crippen molar-refractivity contribution in [2.45, 2.75) is 7.43 Å². The molecule has 0 aliphatic carbocycles. The van der Waals surface area contributed by atoms with Gasteiger partial charge in [-0.3, -0.25) is 0 Å². The predicted molar refractivity (Wildman–Crippen MR) is 52.7 cm³/mol. The Balaban J connectivity index is 0.00000144. The zero-order valence-electron chi connectivity index (χ0n) is 6.55. The molecule has 0 bridgehead atoms. The highest BCUT2D eigenvalue weighted by atomic mass is 16.5. The molecule has 0 atom stereocenters. The lowest BCUT2D eigenvalue weighted by Crippen LogP contribution is -1.99. The SMILES string of the molecule is C.[N-]=[N+]=NCCOc1ccccc1. The highest BCUT2D eigenvalue weighted by Crippen LogP contribution is 2.07. The number of para-hydroxylation sites is 1. The normalized spacial score (nSPS) is 8.00. The summed E-state index contributed by atoms with van der Waals surface area (Å²) in [4.78, 5) is 2.61. The maximum absolute atomic E-state index is 7.97. The van der Waals surface area contributed by atoms with Crippen molar-refractivity contribution in [3.05, 3.63) is 40.8 Å². The Bertz CT molecular complexity index is 267. The zero-order valence-corrected chi connectivity index (χ0v) is 6.55. The van der Waals surface area contributed by atoms with Crippen molar-refractivity contribution >= 4 is 0 Å². The molecule has 0 heterocycles. The van der Waals surface area contributed by atoms with Crippen LogP contribution in [-0.2, 0) is 0 Å². The van der Waals surface area contributed by atoms with Gasteiger partial charge in [-0.1, -0.05) is 30.7 Å². The number of nitrogens with zero attached hydrogens (tertiary/aromatic N) is 3. The van der Waals surface area contributed by atoms with Crippen molar-refractivity contribution in [2.24, 2.45) is 5.11 Å². The first-order chi connectivity index (χ1) is 5.93. The number of hydrogen-bond acceptors (Lipinski definition) is 2. The lowest BCUT2D eigenvalue weighted by Gasteiger charge is -2.01. The fraction of sp³-hybridized carbons (Fsp3) is 0.333. The fourth-order valence-corrected chi connectivity index (χ4v) is 0.766. The summed E-state index contributed by atoms with van der Waals surface area (Å²) in [5.74, 6) is 0.797. The monoisotopic (exact) mass is 179 g/mol. The van der Waals surface area contributed by atoms with E-state index < -0.39 is 0 Å². The summed E-state index contributed by atoms with van der Waals surface area (Å²) >= 11 is 0. The van der Waals surface area contributed by atoms with E-state index in [4.69, 9.17) is 10.3 Å². The maximum atomic E-state index is 7.97. The molecule has 0 saturated heterocycles. The molecule has 0 amide bonds. The molecule has 4 heteroatoms. The minimum absolute atomic E-state index is 0. The predicted octanol–water partition coefficient (Wildman–Crippen LogP) is 3.01. The van der Waals surface area contributed by atoms with E-state index in [-0.39, 0.29) is 7.43 Å². The van der Waals surface area contributed by atoms with Crippen LogP contribution in [-0.4, -0.2) is 13.2 Å². The maximum Gasteiger partial charge on any atom is 0.119 e. The van der Waals surface area contributed by atoms with Gasteiger partial charge in [0, 0.05) is 4.91 Å². The van der Waals surface area contributed by atoms with E-state index in [1.165, 1.54) is 0 Å². The molecule has 0 N–H and O–H groups in total. The van der Waals surface area contributed by atoms with E-state index in [9.17, 15) is 0 Å². The van der Waals surface area contributed by atoms with Crippen LogP contribution in [0.1, 0.15) is 7.43 Å². The molecule has 13 heavy (non-hydrogen) atoms. The number of hydrogen-bond donors (Lipinski definition) is 0. The fourth-order valence-electron chi connectivity index (χ4n) is 0.766. The quantitative estimate of drug-likeness (QED) is 0.303. The summed E-state index contributed by atoms with van der Waals surface area (Å²) in [7, 11) is 0. The van der Waals surface area contributed by atoms with E-state index in [0.29, 0.717) is 13.2 Å². The molecule has 4 nitrogen and oxygen atoms in total. The van der Waals surface area contributed by atoms with Gasteiger partial charge in [0.05, 0.1) is 13.2 Å². The van der Waals surface area contributed by atoms with Crippen LogP contribution in [0.3, 0.4) is 0 Å². The van der Waals surface area contributed by atoms with E-state index in [1.54, 1.807) is 0 Å². The van der Waals surface area contributed by atoms with Gasteiger partial charge in [0.2, 0.25) is 0 Å². The highest BCUT2D eigenvalue weighted by Gasteiger charge is 1.88. The minimum Gasteiger partial charge on any atom is -0.493 e. The summed E-state index contributed by atoms with van der Waals surface area (Å²) in [5.41, 5.74) is 7.97. The summed E-state index contributed by atoms with van der Waals surface area (Å²) in [5, 5.41) is 3.34. The molecule has 0 radical (unpaired) electrons. The molecular weight excluding hydrogens is 166 g/mol. The first-order valence-electron chi connectivity index (χ1n) is 3.62. The van der Waals surface area contributed by atoms with Gasteiger partial charge in [0.15, 0.2) is 0 Å². The van der Waals surface area contributed by atoms with Crippen LogP contribution in [0.2, 0.25) is 0 Å². The summed E-state index contributed by atoms with van der Waals surface area (Å²) < 4.78 is 5.24. The summed E-state index contributed by atoms with van der Waals surface area (Å²) in [6, 6.07) is 9.41. The molecule has 0 aliphatic rings. The first-order valence-corrected chi connectivity index (χ1v) is 3.62. The molecule has 0 unspecified atom stereocenters. The number of azide groups is 1. The molecule has 0 aromatic heterocycles. The topological polar surface area (TPSA) is 58.0 Å². The molecule has 70 valence electrons. The Kier molecular flexibility index (Phi) is 6.11. The van der Waals surface area contributed by atoms with Crippen molar-refractivity contribution in [3.8, 4) is 5.75 Å². The van der Waals surface area contributed by atoms with E-state index in [1.807, 2.05) is 30.3 Å². The van der Waals surface area contributed by atoms with Gasteiger partial charge >= 0.3 is 0 Å². The largest absolute Gasteiger partial charge is 0.493 e. The second-order valence-corrected chi connectivity index (χ2v) is 2.12. The minimum atomic E-state index is 0. The molecular formula is C9H13N3O. The Morgan fingerprint density at radius 3 is 2.62 bits per heavy atom. The summed E-state index contributed by atoms with van der Waals surface area (Å²) in [6.45, 7) is 0.791. The van der Waals surface area contributed by atoms with Crippen LogP contribution < -0.4 is 4.74 Å². The molecule has 0 spiro atoms. The van der Waals surface area contributed by atoms with Crippen LogP contribution >= 0.6 is 0 Å². The third kappa shape index (κ3) is 4.71. The van der Waals surface area contributed by atoms with Gasteiger partial charge in [-0.15, -0.1) is 0 Å². The van der Waals surface area contributed by atoms with Crippen molar-refractivity contribution in [1.29, 1.82) is 0 Å². The molecule has 1 rings (SSSR count). The average Bonchev–Trinajstić information content (AvgIpc) is 2.14. The van der Waals surface area contributed by atoms with Crippen molar-refractivity contribution in [3.63, 3.8) is 0 Å². The van der Waals surface area contributed by atoms with Crippen LogP contribution in [0.5, 0.6) is 5.75 Å². The first kappa shape index (κ1) is 11.3. The Morgan fingerprint density at radius 1 is 1.31 bits per heavy atom. The van der Waals surface area contributed by atoms with Crippen LogP contribution in [0.4, 0.5) is 0 Å². The Morgan fingerprint density at radius 2 is 2.00 bits per heavy atom. The van der Waals surface area contributed by atoms with Crippen LogP contribution in [0.25, 0.3) is 10.4 Å². The van der Waals surface area contributed by atoms with E-state index in [2.05, 4.69) is 10.0 Å². The second kappa shape index (κ2) is 7.00. The smallest absolute Gasteiger partial charge is 0.119 e. The van der Waals surface area contributed by atoms with Crippen LogP contribution in [0.15, 0.2) is 35.4 Å². The molecule has 0 saturated carbocycles. The van der Waals surface area contributed by atoms with Crippen molar-refractivity contribution in [2.75, 3.05) is 13.2 Å². The van der Waals surface area contributed by atoms with Gasteiger partial charge in [-0.25, -0.2) is 0 Å². The lowest BCUT2D eigenvalue weighted by atomic mass is 10.3. The van der Waals surface area contributed by atoms with Gasteiger partial charge in [-0.05, 0) is 17.7 Å². The second-order valence-electron chi connectivity index (χ2n) is 2.12. The Hall–Kier alpha value is -1.67. The standard InChI is InChI=1S/C8H9N3O.CH4/c9-11-10-6-7-12-8-4-2-1-3-5-8;/h1-5H,6-7H2;1H4. The van der Waals surface area contributed by atoms with E-state index >= 15 is 0 Å². The van der Waals surface area contributed by atoms with Gasteiger partial charge in [0.1, 0.15) is 5.75 Å². The van der Waals surface area contributed by atoms with Gasteiger partial charge in [-0.2, -0.15) is 0 Å². The van der Waals surface area contributed by atoms with Crippen molar-refractivity contribution < 1.29 is 4.74 Å². The third-order valence-corrected chi connectivity index (χ3v) is 1.27. The average molecular weight is 179 g/mol. The van der Waals surface area contributed by atoms with E-state index in [0.717, 1.165) is 5.75 Å². The number of rotatable bonds is 4. The van der Waals surface area contributed by atoms with Gasteiger partial charge < -0.3 is 4.74 Å². The van der Waals surface area contributed by atoms with Crippen molar-refractivity contribution in [1.82, 2.24) is 0 Å². The third-order valence-electron chi connectivity index (χ3n) is 1.27.